The summed E-state index contributed by atoms with van der Waals surface area (Å²) in [5, 5.41) is 3.99. The van der Waals surface area contributed by atoms with E-state index in [1.54, 1.807) is 6.20 Å². The molecule has 0 bridgehead atoms. The van der Waals surface area contributed by atoms with Crippen LogP contribution < -0.4 is 5.32 Å². The number of aromatic nitrogens is 2. The lowest BCUT2D eigenvalue weighted by molar-refractivity contribution is -0.125. The van der Waals surface area contributed by atoms with Crippen LogP contribution in [0, 0.1) is 0 Å². The second-order valence-electron chi connectivity index (χ2n) is 4.38. The van der Waals surface area contributed by atoms with Crippen molar-refractivity contribution in [3.05, 3.63) is 30.1 Å². The number of rotatable bonds is 6. The van der Waals surface area contributed by atoms with E-state index in [0.717, 1.165) is 17.5 Å². The molecule has 0 saturated carbocycles. The minimum absolute atomic E-state index is 0.0692. The third kappa shape index (κ3) is 3.32. The average Bonchev–Trinajstić information content (AvgIpc) is 2.74. The second-order valence-corrected chi connectivity index (χ2v) is 4.38. The quantitative estimate of drug-likeness (QED) is 0.852. The first-order chi connectivity index (χ1) is 9.22. The number of hydrogen-bond acceptors (Lipinski definition) is 3. The largest absolute Gasteiger partial charge is 0.372 e. The number of ether oxygens (including phenoxy) is 1. The van der Waals surface area contributed by atoms with E-state index < -0.39 is 0 Å². The number of fused-ring (bicyclic) bond motifs is 1. The Labute approximate surface area is 112 Å². The Morgan fingerprint density at radius 3 is 3.16 bits per heavy atom. The van der Waals surface area contributed by atoms with Crippen molar-refractivity contribution in [2.75, 3.05) is 19.8 Å². The van der Waals surface area contributed by atoms with Crippen LogP contribution in [0.1, 0.15) is 12.5 Å². The van der Waals surface area contributed by atoms with Gasteiger partial charge in [-0.1, -0.05) is 0 Å². The maximum atomic E-state index is 11.4. The van der Waals surface area contributed by atoms with Crippen LogP contribution >= 0.6 is 0 Å². The molecule has 1 N–H and O–H groups in total. The standard InChI is InChI=1S/C14H19N3O2/c1-3-19-10-13(18)15-8-6-11-9-17(2)14-12(11)5-4-7-16-14/h4-5,7,9H,3,6,8,10H2,1-2H3,(H,15,18). The van der Waals surface area contributed by atoms with E-state index in [2.05, 4.69) is 22.6 Å². The van der Waals surface area contributed by atoms with Gasteiger partial charge in [0.05, 0.1) is 0 Å². The van der Waals surface area contributed by atoms with E-state index in [9.17, 15) is 4.79 Å². The van der Waals surface area contributed by atoms with Crippen molar-refractivity contribution < 1.29 is 9.53 Å². The Hall–Kier alpha value is -1.88. The molecule has 0 saturated heterocycles. The highest BCUT2D eigenvalue weighted by atomic mass is 16.5. The molecule has 19 heavy (non-hydrogen) atoms. The zero-order valence-electron chi connectivity index (χ0n) is 11.3. The van der Waals surface area contributed by atoms with Crippen LogP contribution in [-0.4, -0.2) is 35.2 Å². The first-order valence-electron chi connectivity index (χ1n) is 6.45. The Balaban J connectivity index is 1.93. The Morgan fingerprint density at radius 2 is 2.37 bits per heavy atom. The summed E-state index contributed by atoms with van der Waals surface area (Å²) in [4.78, 5) is 15.7. The van der Waals surface area contributed by atoms with Crippen molar-refractivity contribution >= 4 is 16.9 Å². The third-order valence-electron chi connectivity index (χ3n) is 2.97. The molecule has 0 aliphatic rings. The van der Waals surface area contributed by atoms with Gasteiger partial charge >= 0.3 is 0 Å². The van der Waals surface area contributed by atoms with Gasteiger partial charge in [0, 0.05) is 38.0 Å². The van der Waals surface area contributed by atoms with Gasteiger partial charge in [0.25, 0.3) is 0 Å². The van der Waals surface area contributed by atoms with Crippen molar-refractivity contribution in [1.82, 2.24) is 14.9 Å². The first-order valence-corrected chi connectivity index (χ1v) is 6.45. The number of carbonyl (C=O) groups is 1. The lowest BCUT2D eigenvalue weighted by atomic mass is 10.1. The molecule has 2 heterocycles. The molecule has 0 fully saturated rings. The minimum atomic E-state index is -0.0692. The lowest BCUT2D eigenvalue weighted by Crippen LogP contribution is -2.29. The highest BCUT2D eigenvalue weighted by Gasteiger charge is 2.07. The maximum Gasteiger partial charge on any atom is 0.246 e. The average molecular weight is 261 g/mol. The van der Waals surface area contributed by atoms with Crippen molar-refractivity contribution in [2.24, 2.45) is 7.05 Å². The summed E-state index contributed by atoms with van der Waals surface area (Å²) in [6.45, 7) is 3.17. The number of nitrogens with one attached hydrogen (secondary N) is 1. The molecule has 0 aromatic carbocycles. The van der Waals surface area contributed by atoms with Crippen molar-refractivity contribution in [3.8, 4) is 0 Å². The monoisotopic (exact) mass is 261 g/mol. The zero-order chi connectivity index (χ0) is 13.7. The maximum absolute atomic E-state index is 11.4. The van der Waals surface area contributed by atoms with E-state index in [0.29, 0.717) is 13.2 Å². The number of amides is 1. The number of nitrogens with zero attached hydrogens (tertiary/aromatic N) is 2. The van der Waals surface area contributed by atoms with E-state index in [1.165, 1.54) is 5.56 Å². The summed E-state index contributed by atoms with van der Waals surface area (Å²) in [5.74, 6) is -0.0692. The van der Waals surface area contributed by atoms with E-state index in [1.807, 2.05) is 24.6 Å². The first kappa shape index (κ1) is 13.5. The molecule has 2 rings (SSSR count). The molecule has 1 amide bonds. The Bertz CT molecular complexity index is 563. The molecular formula is C14H19N3O2. The van der Waals surface area contributed by atoms with E-state index >= 15 is 0 Å². The van der Waals surface area contributed by atoms with E-state index in [-0.39, 0.29) is 12.5 Å². The normalized spacial score (nSPS) is 10.8. The zero-order valence-corrected chi connectivity index (χ0v) is 11.3. The molecular weight excluding hydrogens is 242 g/mol. The molecule has 2 aromatic rings. The number of aryl methyl sites for hydroxylation is 1. The van der Waals surface area contributed by atoms with Crippen molar-refractivity contribution in [1.29, 1.82) is 0 Å². The van der Waals surface area contributed by atoms with Crippen LogP contribution in [0.2, 0.25) is 0 Å². The van der Waals surface area contributed by atoms with Crippen molar-refractivity contribution in [3.63, 3.8) is 0 Å². The predicted octanol–water partition coefficient (Wildman–Crippen LogP) is 1.27. The van der Waals surface area contributed by atoms with Gasteiger partial charge in [-0.05, 0) is 31.0 Å². The summed E-state index contributed by atoms with van der Waals surface area (Å²) in [7, 11) is 1.98. The number of hydrogen-bond donors (Lipinski definition) is 1. The summed E-state index contributed by atoms with van der Waals surface area (Å²) >= 11 is 0. The topological polar surface area (TPSA) is 56.1 Å². The highest BCUT2D eigenvalue weighted by molar-refractivity contribution is 5.80. The summed E-state index contributed by atoms with van der Waals surface area (Å²) in [6, 6.07) is 3.99. The molecule has 0 aliphatic heterocycles. The van der Waals surface area contributed by atoms with E-state index in [4.69, 9.17) is 4.74 Å². The van der Waals surface area contributed by atoms with Gasteiger partial charge in [-0.2, -0.15) is 0 Å². The molecule has 5 heteroatoms. The van der Waals surface area contributed by atoms with Crippen LogP contribution in [0.15, 0.2) is 24.5 Å². The van der Waals surface area contributed by atoms with Crippen LogP contribution in [0.5, 0.6) is 0 Å². The third-order valence-corrected chi connectivity index (χ3v) is 2.97. The molecule has 0 atom stereocenters. The predicted molar refractivity (Wildman–Crippen MR) is 73.9 cm³/mol. The Morgan fingerprint density at radius 1 is 1.53 bits per heavy atom. The molecule has 102 valence electrons. The summed E-state index contributed by atoms with van der Waals surface area (Å²) in [5.41, 5.74) is 2.17. The van der Waals surface area contributed by atoms with Gasteiger partial charge in [0.15, 0.2) is 0 Å². The number of carbonyl (C=O) groups excluding carboxylic acids is 1. The molecule has 5 nitrogen and oxygen atoms in total. The second kappa shape index (κ2) is 6.33. The SMILES string of the molecule is CCOCC(=O)NCCc1cn(C)c2ncccc12. The highest BCUT2D eigenvalue weighted by Crippen LogP contribution is 2.18. The molecule has 2 aromatic heterocycles. The summed E-state index contributed by atoms with van der Waals surface area (Å²) < 4.78 is 7.05. The van der Waals surface area contributed by atoms with Crippen LogP contribution in [0.25, 0.3) is 11.0 Å². The van der Waals surface area contributed by atoms with Crippen LogP contribution in [-0.2, 0) is 23.0 Å². The number of pyridine rings is 1. The molecule has 0 spiro atoms. The van der Waals surface area contributed by atoms with Crippen molar-refractivity contribution in [2.45, 2.75) is 13.3 Å². The molecule has 0 unspecified atom stereocenters. The summed E-state index contributed by atoms with van der Waals surface area (Å²) in [6.07, 6.45) is 4.64. The molecule has 0 aliphatic carbocycles. The fourth-order valence-corrected chi connectivity index (χ4v) is 2.07. The van der Waals surface area contributed by atoms with Crippen LogP contribution in [0.4, 0.5) is 0 Å². The fourth-order valence-electron chi connectivity index (χ4n) is 2.07. The minimum Gasteiger partial charge on any atom is -0.372 e. The van der Waals surface area contributed by atoms with Gasteiger partial charge < -0.3 is 14.6 Å². The molecule has 0 radical (unpaired) electrons. The lowest BCUT2D eigenvalue weighted by Gasteiger charge is -2.04. The Kier molecular flexibility index (Phi) is 4.52. The van der Waals surface area contributed by atoms with Gasteiger partial charge in [-0.3, -0.25) is 4.79 Å². The van der Waals surface area contributed by atoms with Gasteiger partial charge in [0.1, 0.15) is 12.3 Å². The van der Waals surface area contributed by atoms with Crippen LogP contribution in [0.3, 0.4) is 0 Å². The smallest absolute Gasteiger partial charge is 0.246 e. The fraction of sp³-hybridized carbons (Fsp3) is 0.429. The van der Waals surface area contributed by atoms with Gasteiger partial charge in [-0.15, -0.1) is 0 Å². The van der Waals surface area contributed by atoms with Gasteiger partial charge in [-0.25, -0.2) is 4.98 Å². The van der Waals surface area contributed by atoms with Gasteiger partial charge in [0.2, 0.25) is 5.91 Å².